The van der Waals surface area contributed by atoms with Gasteiger partial charge in [0, 0.05) is 32.2 Å². The van der Waals surface area contributed by atoms with Crippen LogP contribution in [0, 0.1) is 12.8 Å². The van der Waals surface area contributed by atoms with Crippen molar-refractivity contribution in [2.75, 3.05) is 39.3 Å². The summed E-state index contributed by atoms with van der Waals surface area (Å²) in [7, 11) is 0. The first kappa shape index (κ1) is 14.5. The van der Waals surface area contributed by atoms with E-state index >= 15 is 0 Å². The maximum atomic E-state index is 12.1. The highest BCUT2D eigenvalue weighted by Crippen LogP contribution is 2.27. The maximum Gasteiger partial charge on any atom is 0.236 e. The standard InChI is InChI=1S/C15H24N4O2/c1-12-8-14(21-17-12)11-18-4-6-19(7-5-18)15(20)10-16-9-13-2-3-13/h8,13,16H,2-7,9-11H2,1H3. The van der Waals surface area contributed by atoms with E-state index in [0.717, 1.165) is 56.6 Å². The topological polar surface area (TPSA) is 61.6 Å². The van der Waals surface area contributed by atoms with Crippen molar-refractivity contribution in [1.82, 2.24) is 20.3 Å². The molecule has 21 heavy (non-hydrogen) atoms. The fourth-order valence-electron chi connectivity index (χ4n) is 2.68. The van der Waals surface area contributed by atoms with Gasteiger partial charge in [0.15, 0.2) is 5.76 Å². The summed E-state index contributed by atoms with van der Waals surface area (Å²) in [4.78, 5) is 16.4. The van der Waals surface area contributed by atoms with Gasteiger partial charge < -0.3 is 14.7 Å². The van der Waals surface area contributed by atoms with Crippen molar-refractivity contribution in [2.24, 2.45) is 5.92 Å². The molecule has 0 aromatic carbocycles. The van der Waals surface area contributed by atoms with Crippen LogP contribution in [0.25, 0.3) is 0 Å². The second-order valence-corrected chi connectivity index (χ2v) is 6.17. The zero-order valence-corrected chi connectivity index (χ0v) is 12.7. The predicted octanol–water partition coefficient (Wildman–Crippen LogP) is 0.627. The number of hydrogen-bond donors (Lipinski definition) is 1. The molecular formula is C15H24N4O2. The molecule has 2 heterocycles. The van der Waals surface area contributed by atoms with Crippen molar-refractivity contribution in [3.63, 3.8) is 0 Å². The Balaban J connectivity index is 1.36. The third-order valence-electron chi connectivity index (χ3n) is 4.19. The van der Waals surface area contributed by atoms with E-state index in [0.29, 0.717) is 6.54 Å². The summed E-state index contributed by atoms with van der Waals surface area (Å²) in [5.41, 5.74) is 0.917. The summed E-state index contributed by atoms with van der Waals surface area (Å²) in [6.07, 6.45) is 2.64. The van der Waals surface area contributed by atoms with E-state index in [9.17, 15) is 4.79 Å². The Morgan fingerprint density at radius 2 is 2.14 bits per heavy atom. The lowest BCUT2D eigenvalue weighted by Crippen LogP contribution is -2.50. The van der Waals surface area contributed by atoms with Crippen LogP contribution in [-0.2, 0) is 11.3 Å². The molecule has 2 fully saturated rings. The van der Waals surface area contributed by atoms with Crippen LogP contribution in [0.15, 0.2) is 10.6 Å². The van der Waals surface area contributed by atoms with Gasteiger partial charge >= 0.3 is 0 Å². The largest absolute Gasteiger partial charge is 0.360 e. The molecule has 1 saturated heterocycles. The highest BCUT2D eigenvalue weighted by Gasteiger charge is 2.23. The SMILES string of the molecule is Cc1cc(CN2CCN(C(=O)CNCC3CC3)CC2)on1. The molecule has 0 radical (unpaired) electrons. The zero-order chi connectivity index (χ0) is 14.7. The van der Waals surface area contributed by atoms with E-state index in [-0.39, 0.29) is 5.91 Å². The molecule has 0 spiro atoms. The van der Waals surface area contributed by atoms with Crippen molar-refractivity contribution in [3.05, 3.63) is 17.5 Å². The third-order valence-corrected chi connectivity index (χ3v) is 4.19. The Kier molecular flexibility index (Phi) is 4.55. The molecule has 6 heteroatoms. The minimum Gasteiger partial charge on any atom is -0.360 e. The van der Waals surface area contributed by atoms with E-state index < -0.39 is 0 Å². The number of hydrogen-bond acceptors (Lipinski definition) is 5. The lowest BCUT2D eigenvalue weighted by molar-refractivity contribution is -0.132. The Morgan fingerprint density at radius 1 is 1.38 bits per heavy atom. The number of carbonyl (C=O) groups excluding carboxylic acids is 1. The first-order valence-corrected chi connectivity index (χ1v) is 7.84. The number of nitrogens with zero attached hydrogens (tertiary/aromatic N) is 3. The second-order valence-electron chi connectivity index (χ2n) is 6.17. The van der Waals surface area contributed by atoms with E-state index in [2.05, 4.69) is 15.4 Å². The van der Waals surface area contributed by atoms with Crippen molar-refractivity contribution < 1.29 is 9.32 Å². The molecule has 0 bridgehead atoms. The van der Waals surface area contributed by atoms with Crippen LogP contribution in [0.2, 0.25) is 0 Å². The van der Waals surface area contributed by atoms with Gasteiger partial charge in [-0.05, 0) is 32.2 Å². The number of nitrogens with one attached hydrogen (secondary N) is 1. The van der Waals surface area contributed by atoms with Crippen molar-refractivity contribution >= 4 is 5.91 Å². The fraction of sp³-hybridized carbons (Fsp3) is 0.733. The Bertz CT molecular complexity index is 476. The van der Waals surface area contributed by atoms with Crippen LogP contribution in [-0.4, -0.2) is 60.1 Å². The molecule has 1 aliphatic heterocycles. The van der Waals surface area contributed by atoms with E-state index in [1.54, 1.807) is 0 Å². The third kappa shape index (κ3) is 4.28. The lowest BCUT2D eigenvalue weighted by Gasteiger charge is -2.34. The maximum absolute atomic E-state index is 12.1. The Hall–Kier alpha value is -1.40. The smallest absolute Gasteiger partial charge is 0.236 e. The number of amides is 1. The lowest BCUT2D eigenvalue weighted by atomic mass is 10.2. The Morgan fingerprint density at radius 3 is 2.76 bits per heavy atom. The van der Waals surface area contributed by atoms with Crippen LogP contribution >= 0.6 is 0 Å². The predicted molar refractivity (Wildman–Crippen MR) is 78.7 cm³/mol. The van der Waals surface area contributed by atoms with Crippen LogP contribution in [0.1, 0.15) is 24.3 Å². The van der Waals surface area contributed by atoms with Crippen LogP contribution in [0.3, 0.4) is 0 Å². The van der Waals surface area contributed by atoms with E-state index in [1.165, 1.54) is 12.8 Å². The molecular weight excluding hydrogens is 268 g/mol. The average Bonchev–Trinajstić information content (AvgIpc) is 3.21. The molecule has 116 valence electrons. The summed E-state index contributed by atoms with van der Waals surface area (Å²) >= 11 is 0. The molecule has 1 aromatic rings. The Labute approximate surface area is 125 Å². The zero-order valence-electron chi connectivity index (χ0n) is 12.7. The molecule has 2 aliphatic rings. The molecule has 1 aromatic heterocycles. The summed E-state index contributed by atoms with van der Waals surface area (Å²) < 4.78 is 5.24. The van der Waals surface area contributed by atoms with Crippen molar-refractivity contribution in [1.29, 1.82) is 0 Å². The minimum atomic E-state index is 0.228. The van der Waals surface area contributed by atoms with Gasteiger partial charge in [0.1, 0.15) is 0 Å². The molecule has 1 N–H and O–H groups in total. The van der Waals surface area contributed by atoms with Crippen LogP contribution in [0.5, 0.6) is 0 Å². The van der Waals surface area contributed by atoms with Crippen LogP contribution < -0.4 is 5.32 Å². The highest BCUT2D eigenvalue weighted by molar-refractivity contribution is 5.78. The molecule has 1 amide bonds. The van der Waals surface area contributed by atoms with Gasteiger partial charge in [0.25, 0.3) is 0 Å². The first-order chi connectivity index (χ1) is 10.2. The molecule has 1 saturated carbocycles. The molecule has 6 nitrogen and oxygen atoms in total. The summed E-state index contributed by atoms with van der Waals surface area (Å²) in [6, 6.07) is 1.97. The average molecular weight is 292 g/mol. The molecule has 1 aliphatic carbocycles. The number of carbonyl (C=O) groups is 1. The number of aromatic nitrogens is 1. The minimum absolute atomic E-state index is 0.228. The van der Waals surface area contributed by atoms with Gasteiger partial charge in [-0.2, -0.15) is 0 Å². The monoisotopic (exact) mass is 292 g/mol. The number of piperazine rings is 1. The van der Waals surface area contributed by atoms with Crippen LogP contribution in [0.4, 0.5) is 0 Å². The highest BCUT2D eigenvalue weighted by atomic mass is 16.5. The van der Waals surface area contributed by atoms with E-state index in [4.69, 9.17) is 4.52 Å². The quantitative estimate of drug-likeness (QED) is 0.833. The van der Waals surface area contributed by atoms with Gasteiger partial charge in [-0.3, -0.25) is 9.69 Å². The van der Waals surface area contributed by atoms with Gasteiger partial charge in [-0.25, -0.2) is 0 Å². The fourth-order valence-corrected chi connectivity index (χ4v) is 2.68. The number of rotatable bonds is 6. The normalized spacial score (nSPS) is 20.0. The van der Waals surface area contributed by atoms with Crippen molar-refractivity contribution in [2.45, 2.75) is 26.3 Å². The van der Waals surface area contributed by atoms with E-state index in [1.807, 2.05) is 17.9 Å². The number of aryl methyl sites for hydroxylation is 1. The molecule has 3 rings (SSSR count). The van der Waals surface area contributed by atoms with Gasteiger partial charge in [-0.15, -0.1) is 0 Å². The first-order valence-electron chi connectivity index (χ1n) is 7.84. The molecule has 0 unspecified atom stereocenters. The summed E-state index contributed by atoms with van der Waals surface area (Å²) in [5.74, 6) is 1.95. The van der Waals surface area contributed by atoms with Gasteiger partial charge in [0.05, 0.1) is 18.8 Å². The van der Waals surface area contributed by atoms with Crippen molar-refractivity contribution in [3.8, 4) is 0 Å². The van der Waals surface area contributed by atoms with Gasteiger partial charge in [0.2, 0.25) is 5.91 Å². The second kappa shape index (κ2) is 6.58. The van der Waals surface area contributed by atoms with Gasteiger partial charge in [-0.1, -0.05) is 5.16 Å². The molecule has 0 atom stereocenters. The summed E-state index contributed by atoms with van der Waals surface area (Å²) in [6.45, 7) is 7.59. The summed E-state index contributed by atoms with van der Waals surface area (Å²) in [5, 5.41) is 7.17.